The molecule has 20 heavy (non-hydrogen) atoms. The van der Waals surface area contributed by atoms with Gasteiger partial charge in [-0.2, -0.15) is 0 Å². The van der Waals surface area contributed by atoms with Crippen molar-refractivity contribution >= 4 is 22.4 Å². The van der Waals surface area contributed by atoms with Gasteiger partial charge in [-0.25, -0.2) is 4.98 Å². The first-order chi connectivity index (χ1) is 9.79. The fraction of sp³-hybridized carbons (Fsp3) is 0.714. The highest BCUT2D eigenvalue weighted by molar-refractivity contribution is 7.13. The Morgan fingerprint density at radius 2 is 2.25 bits per heavy atom. The van der Waals surface area contributed by atoms with Gasteiger partial charge in [0.1, 0.15) is 6.04 Å². The summed E-state index contributed by atoms with van der Waals surface area (Å²) in [6.45, 7) is 2.70. The molecule has 5 nitrogen and oxygen atoms in total. The smallest absolute Gasteiger partial charge is 0.245 e. The number of hydrogen-bond donors (Lipinski definition) is 1. The summed E-state index contributed by atoms with van der Waals surface area (Å²) in [5.41, 5.74) is 0. The van der Waals surface area contributed by atoms with E-state index in [1.54, 1.807) is 11.3 Å². The number of likely N-dealkylation sites (tertiary alicyclic amines) is 1. The van der Waals surface area contributed by atoms with Crippen LogP contribution in [0.4, 0.5) is 5.13 Å². The van der Waals surface area contributed by atoms with Crippen molar-refractivity contribution in [2.75, 3.05) is 31.6 Å². The number of amides is 1. The van der Waals surface area contributed by atoms with Crippen molar-refractivity contribution in [3.05, 3.63) is 11.6 Å². The van der Waals surface area contributed by atoms with E-state index in [4.69, 9.17) is 0 Å². The maximum Gasteiger partial charge on any atom is 0.245 e. The first kappa shape index (κ1) is 13.8. The molecule has 6 heteroatoms. The molecule has 1 amide bonds. The van der Waals surface area contributed by atoms with Crippen molar-refractivity contribution < 1.29 is 4.79 Å². The van der Waals surface area contributed by atoms with E-state index < -0.39 is 0 Å². The molecule has 0 spiro atoms. The van der Waals surface area contributed by atoms with Crippen LogP contribution in [0.1, 0.15) is 25.7 Å². The molecule has 110 valence electrons. The van der Waals surface area contributed by atoms with Crippen LogP contribution in [0, 0.1) is 0 Å². The van der Waals surface area contributed by atoms with Gasteiger partial charge in [0, 0.05) is 37.3 Å². The first-order valence-electron chi connectivity index (χ1n) is 7.42. The highest BCUT2D eigenvalue weighted by Crippen LogP contribution is 2.28. The minimum absolute atomic E-state index is 0.00300. The summed E-state index contributed by atoms with van der Waals surface area (Å²) < 4.78 is 0. The Hall–Kier alpha value is -1.14. The minimum atomic E-state index is -0.00300. The number of thiazole rings is 1. The van der Waals surface area contributed by atoms with E-state index in [1.165, 1.54) is 6.42 Å². The zero-order valence-corrected chi connectivity index (χ0v) is 12.7. The van der Waals surface area contributed by atoms with E-state index in [-0.39, 0.29) is 11.9 Å². The Kier molecular flexibility index (Phi) is 4.21. The van der Waals surface area contributed by atoms with E-state index in [9.17, 15) is 4.79 Å². The number of carbonyl (C=O) groups excluding carboxylic acids is 1. The van der Waals surface area contributed by atoms with E-state index in [1.807, 2.05) is 23.5 Å². The first-order valence-corrected chi connectivity index (χ1v) is 8.29. The van der Waals surface area contributed by atoms with Crippen molar-refractivity contribution in [3.8, 4) is 0 Å². The van der Waals surface area contributed by atoms with E-state index in [0.29, 0.717) is 6.04 Å². The van der Waals surface area contributed by atoms with Gasteiger partial charge in [0.25, 0.3) is 0 Å². The molecule has 3 heterocycles. The second-order valence-corrected chi connectivity index (χ2v) is 6.45. The summed E-state index contributed by atoms with van der Waals surface area (Å²) in [5.74, 6) is 0.289. The zero-order valence-electron chi connectivity index (χ0n) is 11.9. The Labute approximate surface area is 124 Å². The molecule has 2 aliphatic rings. The molecule has 2 aliphatic heterocycles. The number of nitrogens with one attached hydrogen (secondary N) is 1. The number of likely N-dealkylation sites (N-methyl/N-ethyl adjacent to an activating group) is 1. The summed E-state index contributed by atoms with van der Waals surface area (Å²) >= 11 is 1.62. The van der Waals surface area contributed by atoms with Crippen molar-refractivity contribution in [3.63, 3.8) is 0 Å². The average Bonchev–Trinajstić information content (AvgIpc) is 3.16. The molecule has 2 unspecified atom stereocenters. The Bertz CT molecular complexity index is 450. The molecule has 1 aromatic rings. The molecule has 0 saturated carbocycles. The number of piperidine rings is 1. The maximum atomic E-state index is 12.8. The summed E-state index contributed by atoms with van der Waals surface area (Å²) in [5, 5.41) is 6.27. The van der Waals surface area contributed by atoms with Gasteiger partial charge in [0.05, 0.1) is 0 Å². The van der Waals surface area contributed by atoms with E-state index >= 15 is 0 Å². The molecular weight excluding hydrogens is 272 g/mol. The van der Waals surface area contributed by atoms with Crippen LogP contribution in [0.15, 0.2) is 11.6 Å². The van der Waals surface area contributed by atoms with Gasteiger partial charge >= 0.3 is 0 Å². The fourth-order valence-corrected chi connectivity index (χ4v) is 3.95. The molecule has 2 atom stereocenters. The number of aromatic nitrogens is 1. The molecule has 0 bridgehead atoms. The van der Waals surface area contributed by atoms with Crippen molar-refractivity contribution in [1.82, 2.24) is 15.2 Å². The van der Waals surface area contributed by atoms with Crippen LogP contribution in [0.25, 0.3) is 0 Å². The van der Waals surface area contributed by atoms with E-state index in [0.717, 1.165) is 44.0 Å². The third-order valence-electron chi connectivity index (χ3n) is 4.34. The average molecular weight is 294 g/mol. The number of nitrogens with zero attached hydrogens (tertiary/aromatic N) is 3. The largest absolute Gasteiger partial charge is 0.339 e. The normalized spacial score (nSPS) is 27.1. The molecule has 2 fully saturated rings. The number of rotatable bonds is 3. The molecule has 0 aliphatic carbocycles. The topological polar surface area (TPSA) is 48.5 Å². The molecule has 1 N–H and O–H groups in total. The third-order valence-corrected chi connectivity index (χ3v) is 5.15. The second kappa shape index (κ2) is 6.10. The van der Waals surface area contributed by atoms with Gasteiger partial charge in [-0.05, 0) is 32.7 Å². The second-order valence-electron chi connectivity index (χ2n) is 5.58. The van der Waals surface area contributed by atoms with Crippen molar-refractivity contribution in [2.24, 2.45) is 0 Å². The molecule has 0 aromatic carbocycles. The van der Waals surface area contributed by atoms with Crippen LogP contribution >= 0.6 is 11.3 Å². The maximum absolute atomic E-state index is 12.8. The Balaban J connectivity index is 1.69. The van der Waals surface area contributed by atoms with Crippen LogP contribution in [0.5, 0.6) is 0 Å². The SMILES string of the molecule is CNC1CCCN(C(=O)C2CCCN2c2nccs2)C1. The van der Waals surface area contributed by atoms with Crippen LogP contribution in [0.3, 0.4) is 0 Å². The highest BCUT2D eigenvalue weighted by atomic mass is 32.1. The van der Waals surface area contributed by atoms with Gasteiger partial charge in [-0.15, -0.1) is 11.3 Å². The lowest BCUT2D eigenvalue weighted by molar-refractivity contribution is -0.133. The monoisotopic (exact) mass is 294 g/mol. The van der Waals surface area contributed by atoms with Crippen LogP contribution in [0.2, 0.25) is 0 Å². The highest BCUT2D eigenvalue weighted by Gasteiger charge is 2.36. The van der Waals surface area contributed by atoms with Gasteiger partial charge in [0.2, 0.25) is 5.91 Å². The predicted molar refractivity (Wildman–Crippen MR) is 81.1 cm³/mol. The number of anilines is 1. The molecule has 3 rings (SSSR count). The Morgan fingerprint density at radius 3 is 3.00 bits per heavy atom. The fourth-order valence-electron chi connectivity index (χ4n) is 3.23. The van der Waals surface area contributed by atoms with Gasteiger partial charge in [0.15, 0.2) is 5.13 Å². The Morgan fingerprint density at radius 1 is 1.40 bits per heavy atom. The summed E-state index contributed by atoms with van der Waals surface area (Å²) in [6.07, 6.45) is 6.12. The number of carbonyl (C=O) groups is 1. The van der Waals surface area contributed by atoms with Crippen LogP contribution in [-0.2, 0) is 4.79 Å². The lowest BCUT2D eigenvalue weighted by Gasteiger charge is -2.36. The third kappa shape index (κ3) is 2.67. The van der Waals surface area contributed by atoms with Gasteiger partial charge < -0.3 is 15.1 Å². The zero-order chi connectivity index (χ0) is 13.9. The summed E-state index contributed by atoms with van der Waals surface area (Å²) in [7, 11) is 1.98. The summed E-state index contributed by atoms with van der Waals surface area (Å²) in [4.78, 5) is 21.4. The van der Waals surface area contributed by atoms with Crippen LogP contribution < -0.4 is 10.2 Å². The predicted octanol–water partition coefficient (Wildman–Crippen LogP) is 1.32. The van der Waals surface area contributed by atoms with Crippen LogP contribution in [-0.4, -0.2) is 54.6 Å². The van der Waals surface area contributed by atoms with E-state index in [2.05, 4.69) is 15.2 Å². The van der Waals surface area contributed by atoms with Crippen molar-refractivity contribution in [1.29, 1.82) is 0 Å². The van der Waals surface area contributed by atoms with Crippen molar-refractivity contribution in [2.45, 2.75) is 37.8 Å². The quantitative estimate of drug-likeness (QED) is 0.913. The minimum Gasteiger partial charge on any atom is -0.339 e. The standard InChI is InChI=1S/C14H22N4OS/c1-15-11-4-2-7-17(10-11)13(19)12-5-3-8-18(12)14-16-6-9-20-14/h6,9,11-12,15H,2-5,7-8,10H2,1H3. The molecule has 1 aromatic heterocycles. The molecular formula is C14H22N4OS. The molecule has 2 saturated heterocycles. The lowest BCUT2D eigenvalue weighted by atomic mass is 10.0. The van der Waals surface area contributed by atoms with Gasteiger partial charge in [-0.3, -0.25) is 4.79 Å². The lowest BCUT2D eigenvalue weighted by Crippen LogP contribution is -2.52. The molecule has 0 radical (unpaired) electrons. The van der Waals surface area contributed by atoms with Gasteiger partial charge in [-0.1, -0.05) is 0 Å². The number of hydrogen-bond acceptors (Lipinski definition) is 5. The summed E-state index contributed by atoms with van der Waals surface area (Å²) in [6, 6.07) is 0.444.